The first-order valence-electron chi connectivity index (χ1n) is 7.23. The maximum Gasteiger partial charge on any atom is 0.268 e. The van der Waals surface area contributed by atoms with E-state index < -0.39 is 6.10 Å². The van der Waals surface area contributed by atoms with Crippen LogP contribution in [-0.2, 0) is 20.7 Å². The van der Waals surface area contributed by atoms with Gasteiger partial charge in [0.15, 0.2) is 17.8 Å². The topological polar surface area (TPSA) is 55.4 Å². The molecular formula is C17H21NO3. The molecule has 1 aliphatic heterocycles. The molecule has 1 atom stereocenters. The second kappa shape index (κ2) is 6.57. The Kier molecular flexibility index (Phi) is 4.78. The van der Waals surface area contributed by atoms with Gasteiger partial charge in [-0.25, -0.2) is 0 Å². The fourth-order valence-corrected chi connectivity index (χ4v) is 2.16. The predicted octanol–water partition coefficient (Wildman–Crippen LogP) is 2.51. The van der Waals surface area contributed by atoms with Gasteiger partial charge in [-0.05, 0) is 24.8 Å². The van der Waals surface area contributed by atoms with E-state index in [1.165, 1.54) is 11.6 Å². The quantitative estimate of drug-likeness (QED) is 0.847. The summed E-state index contributed by atoms with van der Waals surface area (Å²) < 4.78 is 5.45. The molecule has 0 aromatic heterocycles. The number of amides is 1. The number of carbonyl (C=O) groups excluding carboxylic acids is 2. The number of ketones is 1. The highest BCUT2D eigenvalue weighted by Crippen LogP contribution is 2.17. The molecule has 4 heteroatoms. The number of ether oxygens (including phenoxy) is 1. The molecular weight excluding hydrogens is 266 g/mol. The highest BCUT2D eigenvalue weighted by Gasteiger charge is 2.32. The third-order valence-corrected chi connectivity index (χ3v) is 3.44. The molecule has 0 radical (unpaired) electrons. The number of benzene rings is 1. The van der Waals surface area contributed by atoms with Gasteiger partial charge in [0.2, 0.25) is 0 Å². The molecule has 1 fully saturated rings. The second-order valence-electron chi connectivity index (χ2n) is 5.73. The fourth-order valence-electron chi connectivity index (χ4n) is 2.16. The Morgan fingerprint density at radius 2 is 2.00 bits per heavy atom. The van der Waals surface area contributed by atoms with E-state index in [9.17, 15) is 9.59 Å². The Labute approximate surface area is 125 Å². The number of allylic oxidation sites excluding steroid dienone is 1. The average Bonchev–Trinajstić information content (AvgIpc) is 2.79. The highest BCUT2D eigenvalue weighted by atomic mass is 16.5. The summed E-state index contributed by atoms with van der Waals surface area (Å²) in [6.45, 7) is 5.85. The Morgan fingerprint density at radius 3 is 2.57 bits per heavy atom. The van der Waals surface area contributed by atoms with Crippen molar-refractivity contribution in [2.45, 2.75) is 39.7 Å². The monoisotopic (exact) mass is 287 g/mol. The predicted molar refractivity (Wildman–Crippen MR) is 80.4 cm³/mol. The van der Waals surface area contributed by atoms with E-state index in [1.54, 1.807) is 0 Å². The molecule has 0 unspecified atom stereocenters. The molecule has 1 aromatic rings. The summed E-state index contributed by atoms with van der Waals surface area (Å²) in [5.74, 6) is 0.129. The van der Waals surface area contributed by atoms with Crippen molar-refractivity contribution < 1.29 is 14.3 Å². The van der Waals surface area contributed by atoms with Crippen LogP contribution in [0.5, 0.6) is 0 Å². The Bertz CT molecular complexity index is 558. The lowest BCUT2D eigenvalue weighted by molar-refractivity contribution is -0.125. The number of carbonyl (C=O) groups is 2. The van der Waals surface area contributed by atoms with Crippen molar-refractivity contribution >= 4 is 11.7 Å². The Balaban J connectivity index is 1.88. The summed E-state index contributed by atoms with van der Waals surface area (Å²) >= 11 is 0. The van der Waals surface area contributed by atoms with E-state index in [0.29, 0.717) is 12.8 Å². The zero-order chi connectivity index (χ0) is 15.4. The van der Waals surface area contributed by atoms with Crippen molar-refractivity contribution in [2.24, 2.45) is 5.92 Å². The summed E-state index contributed by atoms with van der Waals surface area (Å²) in [5, 5.41) is 2.60. The van der Waals surface area contributed by atoms with E-state index in [1.807, 2.05) is 45.0 Å². The molecule has 0 aliphatic carbocycles. The van der Waals surface area contributed by atoms with Crippen LogP contribution in [0.25, 0.3) is 0 Å². The van der Waals surface area contributed by atoms with Crippen LogP contribution in [0.4, 0.5) is 0 Å². The molecule has 0 bridgehead atoms. The summed E-state index contributed by atoms with van der Waals surface area (Å²) in [7, 11) is 0. The van der Waals surface area contributed by atoms with Gasteiger partial charge in [0.25, 0.3) is 5.91 Å². The van der Waals surface area contributed by atoms with Gasteiger partial charge in [-0.3, -0.25) is 14.9 Å². The molecule has 1 saturated heterocycles. The molecule has 2 rings (SSSR count). The largest absolute Gasteiger partial charge is 0.465 e. The average molecular weight is 287 g/mol. The zero-order valence-corrected chi connectivity index (χ0v) is 12.7. The van der Waals surface area contributed by atoms with Crippen molar-refractivity contribution in [3.8, 4) is 0 Å². The maximum atomic E-state index is 11.9. The first kappa shape index (κ1) is 15.3. The molecule has 1 aromatic carbocycles. The number of aryl methyl sites for hydroxylation is 2. The second-order valence-corrected chi connectivity index (χ2v) is 5.73. The van der Waals surface area contributed by atoms with Crippen LogP contribution in [0.1, 0.15) is 31.4 Å². The molecule has 1 heterocycles. The van der Waals surface area contributed by atoms with Gasteiger partial charge in [0.05, 0.1) is 0 Å². The van der Waals surface area contributed by atoms with Gasteiger partial charge in [-0.15, -0.1) is 0 Å². The maximum absolute atomic E-state index is 11.9. The molecule has 4 nitrogen and oxygen atoms in total. The third-order valence-electron chi connectivity index (χ3n) is 3.44. The molecule has 1 N–H and O–H groups in total. The van der Waals surface area contributed by atoms with E-state index >= 15 is 0 Å². The number of rotatable bonds is 5. The van der Waals surface area contributed by atoms with Crippen molar-refractivity contribution in [3.63, 3.8) is 0 Å². The van der Waals surface area contributed by atoms with Gasteiger partial charge >= 0.3 is 0 Å². The lowest BCUT2D eigenvalue weighted by Crippen LogP contribution is -2.27. The first-order valence-corrected chi connectivity index (χ1v) is 7.23. The fraction of sp³-hybridized carbons (Fsp3) is 0.412. The van der Waals surface area contributed by atoms with Gasteiger partial charge in [-0.2, -0.15) is 0 Å². The van der Waals surface area contributed by atoms with Gasteiger partial charge < -0.3 is 4.74 Å². The number of hydrogen-bond acceptors (Lipinski definition) is 3. The SMILES string of the molecule is Cc1ccc(CCC(=O)/C=C2\NC(=O)[C@H](C(C)C)O2)cc1. The number of hydrogen-bond donors (Lipinski definition) is 1. The third kappa shape index (κ3) is 4.18. The van der Waals surface area contributed by atoms with Crippen molar-refractivity contribution in [1.82, 2.24) is 5.32 Å². The van der Waals surface area contributed by atoms with Gasteiger partial charge in [0, 0.05) is 12.5 Å². The first-order chi connectivity index (χ1) is 9.95. The minimum absolute atomic E-state index is 0.0460. The standard InChI is InChI=1S/C17H21NO3/c1-11(2)16-17(20)18-15(21-16)10-14(19)9-8-13-6-4-12(3)5-7-13/h4-7,10-11,16H,8-9H2,1-3H3,(H,18,20)/b15-10+/t16-/m0/s1. The van der Waals surface area contributed by atoms with Crippen molar-refractivity contribution in [1.29, 1.82) is 0 Å². The lowest BCUT2D eigenvalue weighted by Gasteiger charge is -2.10. The minimum Gasteiger partial charge on any atom is -0.465 e. The molecule has 0 saturated carbocycles. The van der Waals surface area contributed by atoms with Crippen LogP contribution in [-0.4, -0.2) is 17.8 Å². The summed E-state index contributed by atoms with van der Waals surface area (Å²) in [5.41, 5.74) is 2.33. The van der Waals surface area contributed by atoms with Crippen LogP contribution >= 0.6 is 0 Å². The summed E-state index contributed by atoms with van der Waals surface area (Å²) in [6.07, 6.45) is 1.97. The summed E-state index contributed by atoms with van der Waals surface area (Å²) in [6, 6.07) is 8.12. The molecule has 112 valence electrons. The van der Waals surface area contributed by atoms with Crippen LogP contribution < -0.4 is 5.32 Å². The van der Waals surface area contributed by atoms with E-state index in [4.69, 9.17) is 4.74 Å². The smallest absolute Gasteiger partial charge is 0.268 e. The van der Waals surface area contributed by atoms with Gasteiger partial charge in [-0.1, -0.05) is 43.7 Å². The lowest BCUT2D eigenvalue weighted by atomic mass is 10.1. The zero-order valence-electron chi connectivity index (χ0n) is 12.7. The molecule has 1 aliphatic rings. The van der Waals surface area contributed by atoms with Crippen LogP contribution in [0.15, 0.2) is 36.2 Å². The van der Waals surface area contributed by atoms with Crippen LogP contribution in [0.3, 0.4) is 0 Å². The molecule has 1 amide bonds. The normalized spacial score (nSPS) is 19.7. The minimum atomic E-state index is -0.499. The van der Waals surface area contributed by atoms with Gasteiger partial charge in [0.1, 0.15) is 0 Å². The highest BCUT2D eigenvalue weighted by molar-refractivity contribution is 5.92. The molecule has 0 spiro atoms. The Morgan fingerprint density at radius 1 is 1.33 bits per heavy atom. The van der Waals surface area contributed by atoms with E-state index in [0.717, 1.165) is 5.56 Å². The molecule has 21 heavy (non-hydrogen) atoms. The van der Waals surface area contributed by atoms with Crippen LogP contribution in [0, 0.1) is 12.8 Å². The van der Waals surface area contributed by atoms with E-state index in [-0.39, 0.29) is 23.5 Å². The van der Waals surface area contributed by atoms with Crippen molar-refractivity contribution in [3.05, 3.63) is 47.4 Å². The number of nitrogens with one attached hydrogen (secondary N) is 1. The Hall–Kier alpha value is -2.10. The van der Waals surface area contributed by atoms with E-state index in [2.05, 4.69) is 5.32 Å². The van der Waals surface area contributed by atoms with Crippen molar-refractivity contribution in [2.75, 3.05) is 0 Å². The summed E-state index contributed by atoms with van der Waals surface area (Å²) in [4.78, 5) is 23.5. The van der Waals surface area contributed by atoms with Crippen LogP contribution in [0.2, 0.25) is 0 Å².